The monoisotopic (exact) mass is 451 g/mol. The molecule has 0 saturated heterocycles. The summed E-state index contributed by atoms with van der Waals surface area (Å²) in [7, 11) is 0. The van der Waals surface area contributed by atoms with Gasteiger partial charge in [-0.05, 0) is 76.7 Å². The third-order valence-corrected chi connectivity index (χ3v) is 7.35. The predicted molar refractivity (Wildman–Crippen MR) is 149 cm³/mol. The fraction of sp³-hybridized carbons (Fsp3) is 0.118. The van der Waals surface area contributed by atoms with Crippen molar-refractivity contribution >= 4 is 17.1 Å². The summed E-state index contributed by atoms with van der Waals surface area (Å²) in [4.78, 5) is 2.36. The number of benzene rings is 5. The van der Waals surface area contributed by atoms with Gasteiger partial charge in [0.25, 0.3) is 0 Å². The van der Waals surface area contributed by atoms with E-state index in [9.17, 15) is 0 Å². The zero-order chi connectivity index (χ0) is 24.0. The van der Waals surface area contributed by atoms with E-state index in [2.05, 4.69) is 147 Å². The van der Waals surface area contributed by atoms with E-state index in [0.29, 0.717) is 0 Å². The summed E-state index contributed by atoms with van der Waals surface area (Å²) in [6, 6.07) is 44.1. The minimum absolute atomic E-state index is 0.0282. The van der Waals surface area contributed by atoms with Crippen molar-refractivity contribution < 1.29 is 0 Å². The smallest absolute Gasteiger partial charge is 0.0465 e. The number of hydrogen-bond acceptors (Lipinski definition) is 1. The molecule has 1 aliphatic carbocycles. The predicted octanol–water partition coefficient (Wildman–Crippen LogP) is 9.44. The zero-order valence-corrected chi connectivity index (χ0v) is 20.5. The summed E-state index contributed by atoms with van der Waals surface area (Å²) < 4.78 is 0. The highest BCUT2D eigenvalue weighted by Gasteiger charge is 2.35. The topological polar surface area (TPSA) is 3.24 Å². The lowest BCUT2D eigenvalue weighted by molar-refractivity contribution is 0.660. The third-order valence-electron chi connectivity index (χ3n) is 7.35. The molecule has 0 unspecified atom stereocenters. The molecule has 0 saturated carbocycles. The molecule has 0 bridgehead atoms. The fourth-order valence-electron chi connectivity index (χ4n) is 5.40. The highest BCUT2D eigenvalue weighted by atomic mass is 15.1. The quantitative estimate of drug-likeness (QED) is 0.263. The van der Waals surface area contributed by atoms with Gasteiger partial charge >= 0.3 is 0 Å². The van der Waals surface area contributed by atoms with E-state index < -0.39 is 0 Å². The molecule has 170 valence electrons. The van der Waals surface area contributed by atoms with Gasteiger partial charge in [0.2, 0.25) is 0 Å². The molecular weight excluding hydrogens is 422 g/mol. The fourth-order valence-corrected chi connectivity index (χ4v) is 5.40. The maximum atomic E-state index is 2.39. The van der Waals surface area contributed by atoms with Crippen molar-refractivity contribution in [3.05, 3.63) is 138 Å². The molecule has 1 nitrogen and oxygen atoms in total. The van der Waals surface area contributed by atoms with Gasteiger partial charge in [-0.15, -0.1) is 0 Å². The normalized spacial score (nSPS) is 13.2. The molecule has 0 radical (unpaired) electrons. The van der Waals surface area contributed by atoms with Gasteiger partial charge in [-0.1, -0.05) is 104 Å². The molecule has 0 spiro atoms. The Labute approximate surface area is 208 Å². The van der Waals surface area contributed by atoms with Crippen molar-refractivity contribution in [2.75, 3.05) is 4.90 Å². The van der Waals surface area contributed by atoms with Crippen LogP contribution in [0.1, 0.15) is 30.5 Å². The molecule has 1 heteroatoms. The van der Waals surface area contributed by atoms with Crippen LogP contribution < -0.4 is 4.90 Å². The second-order valence-electron chi connectivity index (χ2n) is 9.98. The molecule has 5 aromatic carbocycles. The van der Waals surface area contributed by atoms with Gasteiger partial charge in [-0.2, -0.15) is 0 Å². The van der Waals surface area contributed by atoms with Crippen molar-refractivity contribution in [3.8, 4) is 22.3 Å². The molecule has 6 rings (SSSR count). The molecule has 1 aliphatic rings. The van der Waals surface area contributed by atoms with Gasteiger partial charge in [0, 0.05) is 22.5 Å². The summed E-state index contributed by atoms with van der Waals surface area (Å²) in [6.07, 6.45) is 0. The second kappa shape index (κ2) is 8.29. The summed E-state index contributed by atoms with van der Waals surface area (Å²) >= 11 is 0. The molecule has 35 heavy (non-hydrogen) atoms. The molecular formula is C34H29N. The first-order valence-corrected chi connectivity index (χ1v) is 12.3. The van der Waals surface area contributed by atoms with Crippen LogP contribution in [0.3, 0.4) is 0 Å². The van der Waals surface area contributed by atoms with Crippen LogP contribution in [-0.2, 0) is 5.41 Å². The van der Waals surface area contributed by atoms with Gasteiger partial charge in [0.1, 0.15) is 0 Å². The lowest BCUT2D eigenvalue weighted by Crippen LogP contribution is -2.16. The van der Waals surface area contributed by atoms with E-state index in [0.717, 1.165) is 11.4 Å². The molecule has 0 atom stereocenters. The Morgan fingerprint density at radius 3 is 1.74 bits per heavy atom. The average Bonchev–Trinajstić information content (AvgIpc) is 3.12. The lowest BCUT2D eigenvalue weighted by atomic mass is 9.82. The molecule has 0 aromatic heterocycles. The van der Waals surface area contributed by atoms with Crippen molar-refractivity contribution in [1.29, 1.82) is 0 Å². The molecule has 0 heterocycles. The Kier molecular flexibility index (Phi) is 5.07. The van der Waals surface area contributed by atoms with Gasteiger partial charge < -0.3 is 4.90 Å². The standard InChI is InChI=1S/C34H29N/c1-24-13-15-25(16-14-24)26-17-19-28(20-18-26)35(27-9-5-4-6-10-27)29-21-22-31-30-11-7-8-12-32(30)34(2,3)33(31)23-29/h4-23H,1-3H3. The maximum Gasteiger partial charge on any atom is 0.0465 e. The Morgan fingerprint density at radius 2 is 1.03 bits per heavy atom. The first kappa shape index (κ1) is 21.4. The Hall–Kier alpha value is -4.10. The Bertz CT molecular complexity index is 1490. The van der Waals surface area contributed by atoms with Crippen molar-refractivity contribution in [2.45, 2.75) is 26.2 Å². The van der Waals surface area contributed by atoms with E-state index in [1.54, 1.807) is 0 Å². The molecule has 0 amide bonds. The van der Waals surface area contributed by atoms with Crippen LogP contribution in [0.15, 0.2) is 121 Å². The minimum Gasteiger partial charge on any atom is -0.310 e. The highest BCUT2D eigenvalue weighted by Crippen LogP contribution is 2.50. The van der Waals surface area contributed by atoms with E-state index in [1.807, 2.05) is 0 Å². The molecule has 5 aromatic rings. The van der Waals surface area contributed by atoms with Gasteiger partial charge in [0.05, 0.1) is 0 Å². The second-order valence-corrected chi connectivity index (χ2v) is 9.98. The molecule has 0 N–H and O–H groups in total. The summed E-state index contributed by atoms with van der Waals surface area (Å²) in [5.74, 6) is 0. The van der Waals surface area contributed by atoms with Gasteiger partial charge in [0.15, 0.2) is 0 Å². The number of fused-ring (bicyclic) bond motifs is 3. The van der Waals surface area contributed by atoms with Crippen LogP contribution in [0.2, 0.25) is 0 Å². The van der Waals surface area contributed by atoms with Crippen molar-refractivity contribution in [1.82, 2.24) is 0 Å². The number of hydrogen-bond donors (Lipinski definition) is 0. The van der Waals surface area contributed by atoms with E-state index in [1.165, 1.54) is 44.6 Å². The van der Waals surface area contributed by atoms with Crippen LogP contribution in [-0.4, -0.2) is 0 Å². The Balaban J connectivity index is 1.45. The maximum absolute atomic E-state index is 2.39. The van der Waals surface area contributed by atoms with E-state index in [4.69, 9.17) is 0 Å². The van der Waals surface area contributed by atoms with Crippen molar-refractivity contribution in [2.24, 2.45) is 0 Å². The first-order chi connectivity index (χ1) is 17.0. The Morgan fingerprint density at radius 1 is 0.486 bits per heavy atom. The van der Waals surface area contributed by atoms with Crippen LogP contribution in [0, 0.1) is 6.92 Å². The van der Waals surface area contributed by atoms with Gasteiger partial charge in [-0.3, -0.25) is 0 Å². The van der Waals surface area contributed by atoms with E-state index in [-0.39, 0.29) is 5.41 Å². The number of para-hydroxylation sites is 1. The minimum atomic E-state index is -0.0282. The third kappa shape index (κ3) is 3.65. The number of aryl methyl sites for hydroxylation is 1. The zero-order valence-electron chi connectivity index (χ0n) is 20.5. The average molecular weight is 452 g/mol. The number of rotatable bonds is 4. The summed E-state index contributed by atoms with van der Waals surface area (Å²) in [6.45, 7) is 6.80. The molecule has 0 fully saturated rings. The van der Waals surface area contributed by atoms with E-state index >= 15 is 0 Å². The van der Waals surface area contributed by atoms with Crippen molar-refractivity contribution in [3.63, 3.8) is 0 Å². The van der Waals surface area contributed by atoms with Crippen LogP contribution in [0.25, 0.3) is 22.3 Å². The van der Waals surface area contributed by atoms with Crippen LogP contribution in [0.4, 0.5) is 17.1 Å². The SMILES string of the molecule is Cc1ccc(-c2ccc(N(c3ccccc3)c3ccc4c(c3)C(C)(C)c3ccccc3-4)cc2)cc1. The van der Waals surface area contributed by atoms with Crippen LogP contribution in [0.5, 0.6) is 0 Å². The number of anilines is 3. The molecule has 0 aliphatic heterocycles. The lowest BCUT2D eigenvalue weighted by Gasteiger charge is -2.28. The first-order valence-electron chi connectivity index (χ1n) is 12.3. The summed E-state index contributed by atoms with van der Waals surface area (Å²) in [5.41, 5.74) is 12.7. The largest absolute Gasteiger partial charge is 0.310 e. The number of nitrogens with zero attached hydrogens (tertiary/aromatic N) is 1. The van der Waals surface area contributed by atoms with Gasteiger partial charge in [-0.25, -0.2) is 0 Å². The van der Waals surface area contributed by atoms with Crippen LogP contribution >= 0.6 is 0 Å². The highest BCUT2D eigenvalue weighted by molar-refractivity contribution is 5.85. The summed E-state index contributed by atoms with van der Waals surface area (Å²) in [5, 5.41) is 0.